The van der Waals surface area contributed by atoms with Gasteiger partial charge in [-0.25, -0.2) is 0 Å². The number of tetrazole rings is 1. The van der Waals surface area contributed by atoms with E-state index in [0.717, 1.165) is 6.42 Å². The number of halogens is 1. The molecule has 18 heavy (non-hydrogen) atoms. The number of hydrogen-bond donors (Lipinski definition) is 1. The molecule has 0 saturated heterocycles. The molecule has 0 saturated carbocycles. The lowest BCUT2D eigenvalue weighted by Crippen LogP contribution is -2.03. The average Bonchev–Trinajstić information content (AvgIpc) is 2.85. The zero-order chi connectivity index (χ0) is 13.0. The molecule has 6 nitrogen and oxygen atoms in total. The van der Waals surface area contributed by atoms with Gasteiger partial charge in [-0.2, -0.15) is 0 Å². The lowest BCUT2D eigenvalue weighted by atomic mass is 10.3. The number of methoxy groups -OCH3 is 1. The predicted molar refractivity (Wildman–Crippen MR) is 68.1 cm³/mol. The molecule has 0 fully saturated rings. The first kappa shape index (κ1) is 12.8. The van der Waals surface area contributed by atoms with Crippen molar-refractivity contribution in [3.05, 3.63) is 29.0 Å². The zero-order valence-electron chi connectivity index (χ0n) is 10.0. The van der Waals surface area contributed by atoms with E-state index >= 15 is 0 Å². The van der Waals surface area contributed by atoms with Crippen molar-refractivity contribution in [2.75, 3.05) is 13.7 Å². The van der Waals surface area contributed by atoms with Gasteiger partial charge in [-0.05, 0) is 36.4 Å². The van der Waals surface area contributed by atoms with Crippen molar-refractivity contribution >= 4 is 11.6 Å². The molecule has 0 aliphatic rings. The van der Waals surface area contributed by atoms with Crippen LogP contribution in [0.15, 0.2) is 18.2 Å². The van der Waals surface area contributed by atoms with Crippen LogP contribution in [0.3, 0.4) is 0 Å². The Morgan fingerprint density at radius 1 is 1.44 bits per heavy atom. The van der Waals surface area contributed by atoms with Gasteiger partial charge in [0.2, 0.25) is 0 Å². The normalized spacial score (nSPS) is 10.6. The van der Waals surface area contributed by atoms with E-state index in [-0.39, 0.29) is 0 Å². The number of nitrogens with zero attached hydrogens (tertiary/aromatic N) is 4. The minimum atomic E-state index is 0.589. The summed E-state index contributed by atoms with van der Waals surface area (Å²) < 4.78 is 5.24. The summed E-state index contributed by atoms with van der Waals surface area (Å²) >= 11 is 5.95. The lowest BCUT2D eigenvalue weighted by Gasteiger charge is -2.06. The topological polar surface area (TPSA) is 78.8 Å². The molecule has 0 amide bonds. The van der Waals surface area contributed by atoms with Crippen molar-refractivity contribution in [1.29, 1.82) is 0 Å². The third kappa shape index (κ3) is 2.77. The highest BCUT2D eigenvalue weighted by molar-refractivity contribution is 6.30. The highest BCUT2D eigenvalue weighted by Gasteiger charge is 2.10. The van der Waals surface area contributed by atoms with Gasteiger partial charge in [0.15, 0.2) is 5.82 Å². The summed E-state index contributed by atoms with van der Waals surface area (Å²) in [6.45, 7) is 0.606. The molecular formula is C11H14ClN5O. The molecule has 0 aliphatic carbocycles. The van der Waals surface area contributed by atoms with E-state index in [2.05, 4.69) is 15.4 Å². The Labute approximate surface area is 110 Å². The van der Waals surface area contributed by atoms with Crippen LogP contribution in [0.25, 0.3) is 5.69 Å². The average molecular weight is 268 g/mol. The van der Waals surface area contributed by atoms with Crippen molar-refractivity contribution in [3.63, 3.8) is 0 Å². The minimum absolute atomic E-state index is 0.589. The summed E-state index contributed by atoms with van der Waals surface area (Å²) in [5, 5.41) is 12.8. The van der Waals surface area contributed by atoms with Gasteiger partial charge in [-0.3, -0.25) is 0 Å². The molecule has 7 heteroatoms. The van der Waals surface area contributed by atoms with E-state index in [4.69, 9.17) is 22.1 Å². The van der Waals surface area contributed by atoms with Crippen LogP contribution in [0.5, 0.6) is 5.75 Å². The van der Waals surface area contributed by atoms with Gasteiger partial charge in [-0.1, -0.05) is 11.6 Å². The molecule has 2 aromatic rings. The molecule has 2 rings (SSSR count). The molecule has 0 atom stereocenters. The SMILES string of the molecule is COc1ccc(Cl)cc1-n1nnc(CCCN)n1. The molecule has 96 valence electrons. The van der Waals surface area contributed by atoms with Crippen LogP contribution in [0.4, 0.5) is 0 Å². The fourth-order valence-corrected chi connectivity index (χ4v) is 1.69. The summed E-state index contributed by atoms with van der Waals surface area (Å²) in [4.78, 5) is 1.41. The maximum absolute atomic E-state index is 5.95. The Morgan fingerprint density at radius 2 is 2.28 bits per heavy atom. The smallest absolute Gasteiger partial charge is 0.175 e. The van der Waals surface area contributed by atoms with Crippen molar-refractivity contribution in [2.24, 2.45) is 5.73 Å². The third-order valence-corrected chi connectivity index (χ3v) is 2.65. The highest BCUT2D eigenvalue weighted by atomic mass is 35.5. The molecule has 2 N–H and O–H groups in total. The van der Waals surface area contributed by atoms with Gasteiger partial charge in [0.1, 0.15) is 11.4 Å². The molecule has 1 aromatic heterocycles. The van der Waals surface area contributed by atoms with Crippen LogP contribution in [0.1, 0.15) is 12.2 Å². The number of aromatic nitrogens is 4. The zero-order valence-corrected chi connectivity index (χ0v) is 10.8. The van der Waals surface area contributed by atoms with Crippen LogP contribution >= 0.6 is 11.6 Å². The lowest BCUT2D eigenvalue weighted by molar-refractivity contribution is 0.409. The van der Waals surface area contributed by atoms with Gasteiger partial charge < -0.3 is 10.5 Å². The first-order valence-corrected chi connectivity index (χ1v) is 5.95. The summed E-state index contributed by atoms with van der Waals surface area (Å²) in [5.74, 6) is 1.30. The van der Waals surface area contributed by atoms with E-state index in [1.165, 1.54) is 4.80 Å². The second-order valence-electron chi connectivity index (χ2n) is 3.70. The molecule has 0 bridgehead atoms. The molecule has 0 radical (unpaired) electrons. The van der Waals surface area contributed by atoms with E-state index in [0.29, 0.717) is 35.2 Å². The van der Waals surface area contributed by atoms with Gasteiger partial charge in [0.25, 0.3) is 0 Å². The number of ether oxygens (including phenoxy) is 1. The Morgan fingerprint density at radius 3 is 3.00 bits per heavy atom. The largest absolute Gasteiger partial charge is 0.494 e. The summed E-state index contributed by atoms with van der Waals surface area (Å²) in [5.41, 5.74) is 6.10. The number of rotatable bonds is 5. The number of aryl methyl sites for hydroxylation is 1. The maximum Gasteiger partial charge on any atom is 0.175 e. The summed E-state index contributed by atoms with van der Waals surface area (Å²) in [6.07, 6.45) is 1.54. The van der Waals surface area contributed by atoms with E-state index in [9.17, 15) is 0 Å². The van der Waals surface area contributed by atoms with Crippen molar-refractivity contribution < 1.29 is 4.74 Å². The van der Waals surface area contributed by atoms with E-state index in [1.807, 2.05) is 0 Å². The quantitative estimate of drug-likeness (QED) is 0.881. The second-order valence-corrected chi connectivity index (χ2v) is 4.14. The standard InChI is InChI=1S/C11H14ClN5O/c1-18-10-5-4-8(12)7-9(10)17-15-11(14-16-17)3-2-6-13/h4-5,7H,2-3,6,13H2,1H3. The molecule has 0 spiro atoms. The Bertz CT molecular complexity index is 528. The Hall–Kier alpha value is -1.66. The van der Waals surface area contributed by atoms with Gasteiger partial charge >= 0.3 is 0 Å². The molecule has 1 aromatic carbocycles. The molecular weight excluding hydrogens is 254 g/mol. The maximum atomic E-state index is 5.95. The highest BCUT2D eigenvalue weighted by Crippen LogP contribution is 2.24. The monoisotopic (exact) mass is 267 g/mol. The fourth-order valence-electron chi connectivity index (χ4n) is 1.52. The van der Waals surface area contributed by atoms with Crippen LogP contribution in [0, 0.1) is 0 Å². The third-order valence-electron chi connectivity index (χ3n) is 2.42. The molecule has 0 aliphatic heterocycles. The number of hydrogen-bond acceptors (Lipinski definition) is 5. The molecule has 1 heterocycles. The number of nitrogens with two attached hydrogens (primary N) is 1. The Balaban J connectivity index is 2.30. The van der Waals surface area contributed by atoms with Crippen molar-refractivity contribution in [2.45, 2.75) is 12.8 Å². The van der Waals surface area contributed by atoms with Crippen molar-refractivity contribution in [1.82, 2.24) is 20.2 Å². The minimum Gasteiger partial charge on any atom is -0.494 e. The van der Waals surface area contributed by atoms with E-state index in [1.54, 1.807) is 25.3 Å². The van der Waals surface area contributed by atoms with Gasteiger partial charge in [-0.15, -0.1) is 15.0 Å². The summed E-state index contributed by atoms with van der Waals surface area (Å²) in [6, 6.07) is 5.24. The van der Waals surface area contributed by atoms with Crippen molar-refractivity contribution in [3.8, 4) is 11.4 Å². The fraction of sp³-hybridized carbons (Fsp3) is 0.364. The molecule has 0 unspecified atom stereocenters. The van der Waals surface area contributed by atoms with E-state index < -0.39 is 0 Å². The predicted octanol–water partition coefficient (Wildman–Crippen LogP) is 1.22. The Kier molecular flexibility index (Phi) is 4.11. The van der Waals surface area contributed by atoms with Gasteiger partial charge in [0, 0.05) is 11.4 Å². The first-order valence-electron chi connectivity index (χ1n) is 5.57. The summed E-state index contributed by atoms with van der Waals surface area (Å²) in [7, 11) is 1.58. The van der Waals surface area contributed by atoms with Crippen LogP contribution in [-0.2, 0) is 6.42 Å². The van der Waals surface area contributed by atoms with Crippen LogP contribution < -0.4 is 10.5 Å². The van der Waals surface area contributed by atoms with Gasteiger partial charge in [0.05, 0.1) is 7.11 Å². The first-order chi connectivity index (χ1) is 8.74. The van der Waals surface area contributed by atoms with Crippen LogP contribution in [0.2, 0.25) is 5.02 Å². The second kappa shape index (κ2) is 5.79. The van der Waals surface area contributed by atoms with Crippen LogP contribution in [-0.4, -0.2) is 33.9 Å². The number of benzene rings is 1.